The van der Waals surface area contributed by atoms with Crippen molar-refractivity contribution in [2.75, 3.05) is 38.9 Å². The third-order valence-corrected chi connectivity index (χ3v) is 5.76. The summed E-state index contributed by atoms with van der Waals surface area (Å²) in [6, 6.07) is 11.6. The maximum atomic E-state index is 13.3. The molecule has 6 nitrogen and oxygen atoms in total. The average Bonchev–Trinajstić information content (AvgIpc) is 3.32. The van der Waals surface area contributed by atoms with Crippen molar-refractivity contribution in [1.29, 1.82) is 0 Å². The minimum Gasteiger partial charge on any atom is -0.454 e. The van der Waals surface area contributed by atoms with Crippen LogP contribution in [0.25, 0.3) is 10.2 Å². The van der Waals surface area contributed by atoms with E-state index in [-0.39, 0.29) is 12.7 Å². The van der Waals surface area contributed by atoms with Crippen LogP contribution in [0.2, 0.25) is 0 Å². The minimum atomic E-state index is -0.0880. The number of hydrogen-bond donors (Lipinski definition) is 0. The van der Waals surface area contributed by atoms with E-state index in [4.69, 9.17) is 14.5 Å². The van der Waals surface area contributed by atoms with Crippen LogP contribution in [0.1, 0.15) is 22.8 Å². The van der Waals surface area contributed by atoms with E-state index in [0.717, 1.165) is 23.2 Å². The maximum absolute atomic E-state index is 13.3. The highest BCUT2D eigenvalue weighted by Crippen LogP contribution is 2.34. The van der Waals surface area contributed by atoms with Crippen molar-refractivity contribution in [2.24, 2.45) is 0 Å². The first kappa shape index (κ1) is 18.7. The Hall–Kier alpha value is -2.64. The molecule has 0 atom stereocenters. The van der Waals surface area contributed by atoms with Gasteiger partial charge in [0.2, 0.25) is 6.79 Å². The van der Waals surface area contributed by atoms with Gasteiger partial charge in [0.15, 0.2) is 16.6 Å². The van der Waals surface area contributed by atoms with Gasteiger partial charge in [-0.2, -0.15) is 0 Å². The molecule has 1 aliphatic heterocycles. The topological polar surface area (TPSA) is 54.9 Å². The molecule has 7 heteroatoms. The Balaban J connectivity index is 1.69. The number of carbonyl (C=O) groups is 1. The first-order valence-electron chi connectivity index (χ1n) is 9.31. The highest BCUT2D eigenvalue weighted by atomic mass is 32.1. The molecule has 1 aliphatic rings. The lowest BCUT2D eigenvalue weighted by Gasteiger charge is -2.22. The number of amides is 1. The quantitative estimate of drug-likeness (QED) is 0.633. The van der Waals surface area contributed by atoms with Crippen LogP contribution in [0.15, 0.2) is 36.4 Å². The standard InChI is InChI=1S/C21H23N3O3S/c1-4-14-5-7-16-19(11-14)28-21(22-16)24(10-9-23(2)3)20(25)15-6-8-17-18(12-15)27-13-26-17/h5-8,11-12H,4,9-10,13H2,1-3H3. The third-order valence-electron chi connectivity index (χ3n) is 4.72. The first-order valence-corrected chi connectivity index (χ1v) is 10.1. The van der Waals surface area contributed by atoms with E-state index in [1.165, 1.54) is 5.56 Å². The van der Waals surface area contributed by atoms with Crippen molar-refractivity contribution in [3.8, 4) is 11.5 Å². The largest absolute Gasteiger partial charge is 0.454 e. The van der Waals surface area contributed by atoms with Gasteiger partial charge >= 0.3 is 0 Å². The minimum absolute atomic E-state index is 0.0880. The molecule has 0 spiro atoms. The smallest absolute Gasteiger partial charge is 0.260 e. The summed E-state index contributed by atoms with van der Waals surface area (Å²) in [6.07, 6.45) is 0.976. The number of hydrogen-bond acceptors (Lipinski definition) is 6. The van der Waals surface area contributed by atoms with Gasteiger partial charge in [-0.3, -0.25) is 9.69 Å². The van der Waals surface area contributed by atoms with Crippen molar-refractivity contribution in [1.82, 2.24) is 9.88 Å². The molecular formula is C21H23N3O3S. The predicted octanol–water partition coefficient (Wildman–Crippen LogP) is 3.80. The van der Waals surface area contributed by atoms with Gasteiger partial charge in [-0.05, 0) is 56.4 Å². The molecule has 0 saturated heterocycles. The van der Waals surface area contributed by atoms with Crippen LogP contribution in [0, 0.1) is 0 Å². The highest BCUT2D eigenvalue weighted by molar-refractivity contribution is 7.22. The molecule has 0 aliphatic carbocycles. The molecule has 0 radical (unpaired) electrons. The fourth-order valence-corrected chi connectivity index (χ4v) is 4.12. The van der Waals surface area contributed by atoms with Crippen molar-refractivity contribution in [2.45, 2.75) is 13.3 Å². The summed E-state index contributed by atoms with van der Waals surface area (Å²) in [5.41, 5.74) is 2.76. The van der Waals surface area contributed by atoms with Crippen LogP contribution in [0.5, 0.6) is 11.5 Å². The number of fused-ring (bicyclic) bond motifs is 2. The van der Waals surface area contributed by atoms with E-state index in [1.54, 1.807) is 34.4 Å². The van der Waals surface area contributed by atoms with Gasteiger partial charge in [-0.25, -0.2) is 4.98 Å². The Kier molecular flexibility index (Phi) is 5.19. The summed E-state index contributed by atoms with van der Waals surface area (Å²) in [4.78, 5) is 21.9. The fraction of sp³-hybridized carbons (Fsp3) is 0.333. The van der Waals surface area contributed by atoms with Crippen molar-refractivity contribution < 1.29 is 14.3 Å². The number of benzene rings is 2. The van der Waals surface area contributed by atoms with Gasteiger partial charge in [0.1, 0.15) is 0 Å². The molecular weight excluding hydrogens is 374 g/mol. The Morgan fingerprint density at radius 3 is 2.71 bits per heavy atom. The molecule has 146 valence electrons. The predicted molar refractivity (Wildman–Crippen MR) is 112 cm³/mol. The normalized spacial score (nSPS) is 12.7. The van der Waals surface area contributed by atoms with Gasteiger partial charge in [0, 0.05) is 18.7 Å². The Morgan fingerprint density at radius 2 is 1.93 bits per heavy atom. The first-order chi connectivity index (χ1) is 13.5. The lowest BCUT2D eigenvalue weighted by atomic mass is 10.1. The summed E-state index contributed by atoms with van der Waals surface area (Å²) in [5, 5.41) is 0.716. The van der Waals surface area contributed by atoms with E-state index in [9.17, 15) is 4.79 Å². The molecule has 4 rings (SSSR count). The number of rotatable bonds is 6. The highest BCUT2D eigenvalue weighted by Gasteiger charge is 2.24. The van der Waals surface area contributed by atoms with E-state index in [0.29, 0.717) is 28.7 Å². The second kappa shape index (κ2) is 7.77. The van der Waals surface area contributed by atoms with Gasteiger partial charge in [0.05, 0.1) is 10.2 Å². The molecule has 28 heavy (non-hydrogen) atoms. The molecule has 0 fully saturated rings. The Morgan fingerprint density at radius 1 is 1.11 bits per heavy atom. The zero-order valence-corrected chi connectivity index (χ0v) is 17.1. The molecule has 1 aromatic heterocycles. The number of ether oxygens (including phenoxy) is 2. The van der Waals surface area contributed by atoms with E-state index in [2.05, 4.69) is 24.0 Å². The van der Waals surface area contributed by atoms with Crippen molar-refractivity contribution in [3.63, 3.8) is 0 Å². The molecule has 2 aromatic carbocycles. The summed E-state index contributed by atoms with van der Waals surface area (Å²) in [5.74, 6) is 1.19. The summed E-state index contributed by atoms with van der Waals surface area (Å²) < 4.78 is 11.9. The van der Waals surface area contributed by atoms with Crippen LogP contribution < -0.4 is 14.4 Å². The molecule has 0 unspecified atom stereocenters. The monoisotopic (exact) mass is 397 g/mol. The summed E-state index contributed by atoms with van der Waals surface area (Å²) in [7, 11) is 3.99. The van der Waals surface area contributed by atoms with Crippen LogP contribution in [-0.2, 0) is 6.42 Å². The zero-order chi connectivity index (χ0) is 19.7. The van der Waals surface area contributed by atoms with Crippen molar-refractivity contribution in [3.05, 3.63) is 47.5 Å². The van der Waals surface area contributed by atoms with E-state index >= 15 is 0 Å². The number of thiazole rings is 1. The molecule has 3 aromatic rings. The lowest BCUT2D eigenvalue weighted by molar-refractivity contribution is 0.0984. The summed E-state index contributed by atoms with van der Waals surface area (Å²) >= 11 is 1.55. The van der Waals surface area contributed by atoms with Crippen LogP contribution in [-0.4, -0.2) is 49.8 Å². The number of anilines is 1. The van der Waals surface area contributed by atoms with Crippen molar-refractivity contribution >= 4 is 32.6 Å². The van der Waals surface area contributed by atoms with Gasteiger partial charge in [0.25, 0.3) is 5.91 Å². The Labute approximate surface area is 168 Å². The molecule has 0 N–H and O–H groups in total. The zero-order valence-electron chi connectivity index (χ0n) is 16.3. The van der Waals surface area contributed by atoms with Crippen LogP contribution >= 0.6 is 11.3 Å². The number of nitrogens with zero attached hydrogens (tertiary/aromatic N) is 3. The number of aromatic nitrogens is 1. The maximum Gasteiger partial charge on any atom is 0.260 e. The summed E-state index contributed by atoms with van der Waals surface area (Å²) in [6.45, 7) is 3.62. The molecule has 0 saturated carbocycles. The van der Waals surface area contributed by atoms with Gasteiger partial charge in [-0.1, -0.05) is 24.3 Å². The molecule has 0 bridgehead atoms. The number of likely N-dealkylation sites (N-methyl/N-ethyl adjacent to an activating group) is 1. The second-order valence-electron chi connectivity index (χ2n) is 6.98. The number of aryl methyl sites for hydroxylation is 1. The average molecular weight is 398 g/mol. The van der Waals surface area contributed by atoms with E-state index < -0.39 is 0 Å². The third kappa shape index (κ3) is 3.68. The fourth-order valence-electron chi connectivity index (χ4n) is 3.06. The Bertz CT molecular complexity index is 1020. The van der Waals surface area contributed by atoms with Crippen LogP contribution in [0.4, 0.5) is 5.13 Å². The number of carbonyl (C=O) groups excluding carboxylic acids is 1. The van der Waals surface area contributed by atoms with Crippen LogP contribution in [0.3, 0.4) is 0 Å². The lowest BCUT2D eigenvalue weighted by Crippen LogP contribution is -2.36. The van der Waals surface area contributed by atoms with Gasteiger partial charge < -0.3 is 14.4 Å². The molecule has 1 amide bonds. The van der Waals surface area contributed by atoms with E-state index in [1.807, 2.05) is 20.2 Å². The van der Waals surface area contributed by atoms with Gasteiger partial charge in [-0.15, -0.1) is 0 Å². The second-order valence-corrected chi connectivity index (χ2v) is 7.99. The SMILES string of the molecule is CCc1ccc2nc(N(CCN(C)C)C(=O)c3ccc4c(c3)OCO4)sc2c1. The molecule has 2 heterocycles.